The van der Waals surface area contributed by atoms with E-state index >= 15 is 0 Å². The number of amides is 2. The van der Waals surface area contributed by atoms with Crippen molar-refractivity contribution in [2.45, 2.75) is 0 Å². The average Bonchev–Trinajstić information content (AvgIpc) is 1.63. The van der Waals surface area contributed by atoms with E-state index in [4.69, 9.17) is 0 Å². The first kappa shape index (κ1) is 7.89. The first-order valence-electron chi connectivity index (χ1n) is 1.73. The highest BCUT2D eigenvalue weighted by Gasteiger charge is 1.98. The second-order valence-electron chi connectivity index (χ2n) is 0.873. The summed E-state index contributed by atoms with van der Waals surface area (Å²) in [6, 6.07) is 0. The summed E-state index contributed by atoms with van der Waals surface area (Å²) in [5, 5.41) is 0. The maximum absolute atomic E-state index is 9.73. The molecule has 2 amide bonds. The molecule has 4 N–H and O–H groups in total. The molecule has 0 atom stereocenters. The number of hydrogen-bond acceptors (Lipinski definition) is 5. The summed E-state index contributed by atoms with van der Waals surface area (Å²) < 4.78 is 7.77. The molecule has 0 fully saturated rings. The van der Waals surface area contributed by atoms with E-state index in [1.807, 2.05) is 0 Å². The van der Waals surface area contributed by atoms with Crippen molar-refractivity contribution in [2.75, 3.05) is 0 Å². The molecule has 0 aliphatic rings. The zero-order chi connectivity index (χ0) is 7.28. The summed E-state index contributed by atoms with van der Waals surface area (Å²) in [4.78, 5) is 19.5. The second kappa shape index (κ2) is 3.84. The minimum Gasteiger partial charge on any atom is -0.337 e. The van der Waals surface area contributed by atoms with Gasteiger partial charge in [-0.3, -0.25) is 0 Å². The molecular weight excluding hydrogens is 148 g/mol. The summed E-state index contributed by atoms with van der Waals surface area (Å²) >= 11 is 0.120. The fourth-order valence-electron chi connectivity index (χ4n) is 0.0841. The molecule has 0 rings (SSSR count). The van der Waals surface area contributed by atoms with Crippen LogP contribution in [0.2, 0.25) is 0 Å². The minimum atomic E-state index is -1.05. The largest absolute Gasteiger partial charge is 0.419 e. The monoisotopic (exact) mass is 152 g/mol. The Morgan fingerprint density at radius 3 is 1.67 bits per heavy atom. The van der Waals surface area contributed by atoms with E-state index in [1.165, 1.54) is 0 Å². The standard InChI is InChI=1S/C2H4N2O4S/c3-1(5)7-9-8-2(4)6/h(H2,3,5)(H2,4,6). The Bertz CT molecular complexity index is 112. The van der Waals surface area contributed by atoms with Crippen LogP contribution in [0.1, 0.15) is 0 Å². The molecule has 0 heterocycles. The van der Waals surface area contributed by atoms with Crippen LogP contribution in [-0.2, 0) is 8.37 Å². The molecule has 0 bridgehead atoms. The zero-order valence-corrected chi connectivity index (χ0v) is 5.01. The number of carbonyl (C=O) groups is 2. The maximum Gasteiger partial charge on any atom is 0.419 e. The van der Waals surface area contributed by atoms with Crippen molar-refractivity contribution < 1.29 is 18.0 Å². The van der Waals surface area contributed by atoms with Crippen LogP contribution < -0.4 is 11.5 Å². The van der Waals surface area contributed by atoms with Gasteiger partial charge in [0.05, 0.1) is 0 Å². The molecule has 0 saturated heterocycles. The molecule has 7 heteroatoms. The lowest BCUT2D eigenvalue weighted by molar-refractivity contribution is 0.205. The molecule has 0 unspecified atom stereocenters. The fraction of sp³-hybridized carbons (Fsp3) is 0. The van der Waals surface area contributed by atoms with Crippen molar-refractivity contribution in [2.24, 2.45) is 11.5 Å². The average molecular weight is 152 g/mol. The molecule has 52 valence electrons. The third-order valence-electron chi connectivity index (χ3n) is 0.232. The molecule has 9 heavy (non-hydrogen) atoms. The van der Waals surface area contributed by atoms with Gasteiger partial charge in [0, 0.05) is 0 Å². The summed E-state index contributed by atoms with van der Waals surface area (Å²) in [6.45, 7) is 0. The molecule has 0 aromatic heterocycles. The smallest absolute Gasteiger partial charge is 0.337 e. The van der Waals surface area contributed by atoms with Crippen LogP contribution in [0.15, 0.2) is 0 Å². The Balaban J connectivity index is 3.10. The van der Waals surface area contributed by atoms with E-state index in [2.05, 4.69) is 19.8 Å². The van der Waals surface area contributed by atoms with Crippen LogP contribution in [-0.4, -0.2) is 12.2 Å². The Labute approximate surface area is 54.9 Å². The number of rotatable bonds is 2. The van der Waals surface area contributed by atoms with Gasteiger partial charge in [0.25, 0.3) is 0 Å². The Kier molecular flexibility index (Phi) is 3.37. The van der Waals surface area contributed by atoms with E-state index < -0.39 is 12.2 Å². The Morgan fingerprint density at radius 2 is 1.44 bits per heavy atom. The lowest BCUT2D eigenvalue weighted by Crippen LogP contribution is -2.12. The first-order chi connectivity index (χ1) is 4.13. The highest BCUT2D eigenvalue weighted by molar-refractivity contribution is 7.90. The number of hydrogen-bond donors (Lipinski definition) is 2. The predicted octanol–water partition coefficient (Wildman–Crippen LogP) is -0.260. The van der Waals surface area contributed by atoms with E-state index in [1.54, 1.807) is 0 Å². The number of primary amides is 2. The van der Waals surface area contributed by atoms with E-state index in [0.717, 1.165) is 0 Å². The van der Waals surface area contributed by atoms with Crippen LogP contribution in [0.4, 0.5) is 9.59 Å². The summed E-state index contributed by atoms with van der Waals surface area (Å²) in [6.07, 6.45) is -2.11. The quantitative estimate of drug-likeness (QED) is 0.530. The van der Waals surface area contributed by atoms with E-state index in [9.17, 15) is 9.59 Å². The first-order valence-corrected chi connectivity index (χ1v) is 2.39. The van der Waals surface area contributed by atoms with Crippen molar-refractivity contribution in [3.8, 4) is 0 Å². The third-order valence-corrected chi connectivity index (χ3v) is 0.697. The van der Waals surface area contributed by atoms with Crippen molar-refractivity contribution in [3.63, 3.8) is 0 Å². The topological polar surface area (TPSA) is 105 Å². The van der Waals surface area contributed by atoms with Gasteiger partial charge in [0.1, 0.15) is 0 Å². The van der Waals surface area contributed by atoms with Crippen molar-refractivity contribution in [3.05, 3.63) is 0 Å². The van der Waals surface area contributed by atoms with Crippen molar-refractivity contribution in [1.29, 1.82) is 0 Å². The highest BCUT2D eigenvalue weighted by Crippen LogP contribution is 2.01. The molecule has 0 aliphatic heterocycles. The van der Waals surface area contributed by atoms with Crippen LogP contribution in [0.3, 0.4) is 0 Å². The van der Waals surface area contributed by atoms with Gasteiger partial charge < -0.3 is 19.8 Å². The van der Waals surface area contributed by atoms with Gasteiger partial charge >= 0.3 is 24.5 Å². The Morgan fingerprint density at radius 1 is 1.11 bits per heavy atom. The number of nitrogens with two attached hydrogens (primary N) is 2. The lowest BCUT2D eigenvalue weighted by Gasteiger charge is -1.93. The molecule has 6 nitrogen and oxygen atoms in total. The minimum absolute atomic E-state index is 0.120. The molecule has 0 spiro atoms. The van der Waals surface area contributed by atoms with Crippen LogP contribution in [0.25, 0.3) is 0 Å². The van der Waals surface area contributed by atoms with E-state index in [0.29, 0.717) is 0 Å². The zero-order valence-electron chi connectivity index (χ0n) is 4.20. The lowest BCUT2D eigenvalue weighted by atomic mass is 11.3. The van der Waals surface area contributed by atoms with Crippen LogP contribution in [0.5, 0.6) is 0 Å². The summed E-state index contributed by atoms with van der Waals surface area (Å²) in [5.74, 6) is 0. The van der Waals surface area contributed by atoms with Crippen molar-refractivity contribution >= 4 is 24.5 Å². The van der Waals surface area contributed by atoms with Gasteiger partial charge in [0.15, 0.2) is 0 Å². The Hall–Kier alpha value is -1.11. The van der Waals surface area contributed by atoms with Crippen molar-refractivity contribution in [1.82, 2.24) is 0 Å². The highest BCUT2D eigenvalue weighted by atomic mass is 32.2. The van der Waals surface area contributed by atoms with Crippen LogP contribution >= 0.6 is 12.3 Å². The summed E-state index contributed by atoms with van der Waals surface area (Å²) in [7, 11) is 0. The molecular formula is C2H4N2O4S. The fourth-order valence-corrected chi connectivity index (χ4v) is 0.252. The number of carbonyl (C=O) groups excluding carboxylic acids is 2. The van der Waals surface area contributed by atoms with Gasteiger partial charge in [-0.25, -0.2) is 9.59 Å². The van der Waals surface area contributed by atoms with Gasteiger partial charge in [-0.1, -0.05) is 0 Å². The predicted molar refractivity (Wildman–Crippen MR) is 28.9 cm³/mol. The second-order valence-corrected chi connectivity index (χ2v) is 1.34. The normalized spacial score (nSPS) is 8.00. The van der Waals surface area contributed by atoms with Crippen LogP contribution in [0, 0.1) is 0 Å². The van der Waals surface area contributed by atoms with Gasteiger partial charge in [-0.05, 0) is 0 Å². The SMILES string of the molecule is NC(=O)OSOC(N)=O. The maximum atomic E-state index is 9.73. The molecule has 0 aliphatic carbocycles. The van der Waals surface area contributed by atoms with E-state index in [-0.39, 0.29) is 12.3 Å². The molecule has 0 radical (unpaired) electrons. The van der Waals surface area contributed by atoms with Gasteiger partial charge in [0.2, 0.25) is 0 Å². The van der Waals surface area contributed by atoms with Gasteiger partial charge in [-0.2, -0.15) is 0 Å². The molecule has 0 aromatic carbocycles. The van der Waals surface area contributed by atoms with Gasteiger partial charge in [-0.15, -0.1) is 0 Å². The summed E-state index contributed by atoms with van der Waals surface area (Å²) in [5.41, 5.74) is 8.93. The molecule has 0 aromatic rings. The third kappa shape index (κ3) is 6.89. The molecule has 0 saturated carbocycles.